The summed E-state index contributed by atoms with van der Waals surface area (Å²) in [7, 11) is 1.65. The fourth-order valence-electron chi connectivity index (χ4n) is 2.49. The molecule has 0 atom stereocenters. The summed E-state index contributed by atoms with van der Waals surface area (Å²) >= 11 is 1.57. The van der Waals surface area contributed by atoms with Gasteiger partial charge in [-0.05, 0) is 35.7 Å². The van der Waals surface area contributed by atoms with Crippen LogP contribution in [0.3, 0.4) is 0 Å². The lowest BCUT2D eigenvalue weighted by atomic mass is 10.1. The SMILES string of the molecule is COc1ccccc1CCNC(=O)c1ccc(CSc2ncn[nH]2)cc1. The maximum absolute atomic E-state index is 12.3. The molecule has 0 spiro atoms. The molecule has 6 nitrogen and oxygen atoms in total. The first-order chi connectivity index (χ1) is 12.8. The summed E-state index contributed by atoms with van der Waals surface area (Å²) < 4.78 is 5.33. The van der Waals surface area contributed by atoms with Crippen molar-refractivity contribution in [2.45, 2.75) is 17.3 Å². The molecule has 0 saturated heterocycles. The van der Waals surface area contributed by atoms with E-state index in [0.717, 1.165) is 34.2 Å². The molecule has 0 aliphatic heterocycles. The topological polar surface area (TPSA) is 79.9 Å². The van der Waals surface area contributed by atoms with Crippen LogP contribution in [0, 0.1) is 0 Å². The first-order valence-corrected chi connectivity index (χ1v) is 9.22. The molecule has 0 saturated carbocycles. The molecule has 2 aromatic carbocycles. The number of carbonyl (C=O) groups excluding carboxylic acids is 1. The van der Waals surface area contributed by atoms with Gasteiger partial charge in [0.15, 0.2) is 5.16 Å². The third-order valence-corrected chi connectivity index (χ3v) is 4.80. The number of aromatic nitrogens is 3. The van der Waals surface area contributed by atoms with Gasteiger partial charge in [0.2, 0.25) is 0 Å². The number of aromatic amines is 1. The molecule has 26 heavy (non-hydrogen) atoms. The van der Waals surface area contributed by atoms with E-state index >= 15 is 0 Å². The molecule has 0 fully saturated rings. The Labute approximate surface area is 156 Å². The number of thioether (sulfide) groups is 1. The van der Waals surface area contributed by atoms with Crippen LogP contribution in [0.1, 0.15) is 21.5 Å². The average Bonchev–Trinajstić information content (AvgIpc) is 3.20. The summed E-state index contributed by atoms with van der Waals surface area (Å²) in [5.41, 5.74) is 2.85. The second kappa shape index (κ2) is 9.05. The van der Waals surface area contributed by atoms with Crippen LogP contribution in [-0.4, -0.2) is 34.7 Å². The van der Waals surface area contributed by atoms with Gasteiger partial charge in [0.05, 0.1) is 7.11 Å². The Hall–Kier alpha value is -2.80. The van der Waals surface area contributed by atoms with Gasteiger partial charge in [-0.15, -0.1) is 0 Å². The van der Waals surface area contributed by atoms with E-state index in [-0.39, 0.29) is 5.91 Å². The number of amides is 1. The molecule has 0 aliphatic rings. The van der Waals surface area contributed by atoms with Crippen LogP contribution in [0.25, 0.3) is 0 Å². The highest BCUT2D eigenvalue weighted by Crippen LogP contribution is 2.19. The van der Waals surface area contributed by atoms with Crippen LogP contribution in [0.15, 0.2) is 60.0 Å². The van der Waals surface area contributed by atoms with Crippen molar-refractivity contribution in [3.05, 3.63) is 71.5 Å². The Morgan fingerprint density at radius 2 is 2.00 bits per heavy atom. The van der Waals surface area contributed by atoms with E-state index in [2.05, 4.69) is 20.5 Å². The van der Waals surface area contributed by atoms with Gasteiger partial charge in [-0.1, -0.05) is 42.1 Å². The molecule has 2 N–H and O–H groups in total. The summed E-state index contributed by atoms with van der Waals surface area (Å²) in [5.74, 6) is 1.54. The van der Waals surface area contributed by atoms with E-state index in [0.29, 0.717) is 12.1 Å². The van der Waals surface area contributed by atoms with E-state index in [9.17, 15) is 4.79 Å². The lowest BCUT2D eigenvalue weighted by molar-refractivity contribution is 0.0954. The Morgan fingerprint density at radius 3 is 2.73 bits per heavy atom. The number of nitrogens with one attached hydrogen (secondary N) is 2. The Kier molecular flexibility index (Phi) is 6.27. The minimum absolute atomic E-state index is 0.0747. The quantitative estimate of drug-likeness (QED) is 0.597. The smallest absolute Gasteiger partial charge is 0.251 e. The predicted molar refractivity (Wildman–Crippen MR) is 101 cm³/mol. The molecular formula is C19H20N4O2S. The molecule has 1 amide bonds. The van der Waals surface area contributed by atoms with Crippen LogP contribution in [0.2, 0.25) is 0 Å². The van der Waals surface area contributed by atoms with Gasteiger partial charge >= 0.3 is 0 Å². The zero-order valence-electron chi connectivity index (χ0n) is 14.4. The van der Waals surface area contributed by atoms with E-state index in [1.54, 1.807) is 18.9 Å². The molecule has 0 aliphatic carbocycles. The Bertz CT molecular complexity index is 835. The van der Waals surface area contributed by atoms with E-state index in [4.69, 9.17) is 4.74 Å². The van der Waals surface area contributed by atoms with Crippen LogP contribution in [-0.2, 0) is 12.2 Å². The van der Waals surface area contributed by atoms with Gasteiger partial charge in [0.1, 0.15) is 12.1 Å². The van der Waals surface area contributed by atoms with Gasteiger partial charge in [-0.2, -0.15) is 5.10 Å². The summed E-state index contributed by atoms with van der Waals surface area (Å²) in [4.78, 5) is 16.3. The van der Waals surface area contributed by atoms with Crippen molar-refractivity contribution in [1.82, 2.24) is 20.5 Å². The zero-order valence-corrected chi connectivity index (χ0v) is 15.3. The monoisotopic (exact) mass is 368 g/mol. The minimum atomic E-state index is -0.0747. The third kappa shape index (κ3) is 4.86. The highest BCUT2D eigenvalue weighted by Gasteiger charge is 2.07. The number of rotatable bonds is 8. The summed E-state index contributed by atoms with van der Waals surface area (Å²) in [6.07, 6.45) is 2.21. The summed E-state index contributed by atoms with van der Waals surface area (Å²) in [6, 6.07) is 15.4. The number of hydrogen-bond donors (Lipinski definition) is 2. The lowest BCUT2D eigenvalue weighted by Gasteiger charge is -2.09. The number of nitrogens with zero attached hydrogens (tertiary/aromatic N) is 2. The largest absolute Gasteiger partial charge is 0.496 e. The van der Waals surface area contributed by atoms with Gasteiger partial charge < -0.3 is 10.1 Å². The number of methoxy groups -OCH3 is 1. The molecule has 3 aromatic rings. The van der Waals surface area contributed by atoms with Gasteiger partial charge in [-0.25, -0.2) is 4.98 Å². The first kappa shape index (κ1) is 18.0. The molecule has 134 valence electrons. The van der Waals surface area contributed by atoms with Crippen molar-refractivity contribution >= 4 is 17.7 Å². The number of carbonyl (C=O) groups is 1. The molecular weight excluding hydrogens is 348 g/mol. The third-order valence-electron chi connectivity index (χ3n) is 3.86. The Balaban J connectivity index is 1.48. The summed E-state index contributed by atoms with van der Waals surface area (Å²) in [5, 5.41) is 10.4. The number of ether oxygens (including phenoxy) is 1. The standard InChI is InChI=1S/C19H20N4O2S/c1-25-17-5-3-2-4-15(17)10-11-20-18(24)16-8-6-14(7-9-16)12-26-19-21-13-22-23-19/h2-9,13H,10-12H2,1H3,(H,20,24)(H,21,22,23). The van der Waals surface area contributed by atoms with Crippen LogP contribution >= 0.6 is 11.8 Å². The van der Waals surface area contributed by atoms with E-state index in [1.807, 2.05) is 48.5 Å². The zero-order chi connectivity index (χ0) is 18.2. The first-order valence-electron chi connectivity index (χ1n) is 8.23. The van der Waals surface area contributed by atoms with Crippen molar-refractivity contribution in [3.63, 3.8) is 0 Å². The molecule has 0 bridgehead atoms. The molecule has 1 heterocycles. The van der Waals surface area contributed by atoms with E-state index < -0.39 is 0 Å². The van der Waals surface area contributed by atoms with Crippen LogP contribution < -0.4 is 10.1 Å². The highest BCUT2D eigenvalue weighted by atomic mass is 32.2. The van der Waals surface area contributed by atoms with Crippen molar-refractivity contribution in [1.29, 1.82) is 0 Å². The average molecular weight is 368 g/mol. The fraction of sp³-hybridized carbons (Fsp3) is 0.211. The van der Waals surface area contributed by atoms with Crippen LogP contribution in [0.4, 0.5) is 0 Å². The van der Waals surface area contributed by atoms with E-state index in [1.165, 1.54) is 6.33 Å². The fourth-order valence-corrected chi connectivity index (χ4v) is 3.22. The van der Waals surface area contributed by atoms with Crippen molar-refractivity contribution in [3.8, 4) is 5.75 Å². The van der Waals surface area contributed by atoms with Gasteiger partial charge in [0, 0.05) is 17.9 Å². The lowest BCUT2D eigenvalue weighted by Crippen LogP contribution is -2.25. The van der Waals surface area contributed by atoms with Crippen LogP contribution in [0.5, 0.6) is 5.75 Å². The number of H-pyrrole nitrogens is 1. The van der Waals surface area contributed by atoms with Gasteiger partial charge in [-0.3, -0.25) is 9.89 Å². The van der Waals surface area contributed by atoms with Crippen molar-refractivity contribution in [2.24, 2.45) is 0 Å². The second-order valence-corrected chi connectivity index (χ2v) is 6.56. The normalized spacial score (nSPS) is 10.5. The maximum Gasteiger partial charge on any atom is 0.251 e. The number of benzene rings is 2. The molecule has 3 rings (SSSR count). The number of para-hydroxylation sites is 1. The highest BCUT2D eigenvalue weighted by molar-refractivity contribution is 7.98. The maximum atomic E-state index is 12.3. The minimum Gasteiger partial charge on any atom is -0.496 e. The van der Waals surface area contributed by atoms with Crippen molar-refractivity contribution in [2.75, 3.05) is 13.7 Å². The summed E-state index contributed by atoms with van der Waals surface area (Å²) in [6.45, 7) is 0.558. The molecule has 7 heteroatoms. The molecule has 0 unspecified atom stereocenters. The van der Waals surface area contributed by atoms with Crippen molar-refractivity contribution < 1.29 is 9.53 Å². The predicted octanol–water partition coefficient (Wildman–Crippen LogP) is 3.08. The molecule has 0 radical (unpaired) electrons. The van der Waals surface area contributed by atoms with Gasteiger partial charge in [0.25, 0.3) is 5.91 Å². The number of hydrogen-bond acceptors (Lipinski definition) is 5. The second-order valence-electron chi connectivity index (χ2n) is 5.59. The Morgan fingerprint density at radius 1 is 1.19 bits per heavy atom. The molecule has 1 aromatic heterocycles.